The van der Waals surface area contributed by atoms with Crippen molar-refractivity contribution >= 4 is 22.0 Å². The molecule has 1 amide bonds. The largest absolute Gasteiger partial charge is 0.444 e. The molecule has 0 aliphatic carbocycles. The summed E-state index contributed by atoms with van der Waals surface area (Å²) in [4.78, 5) is 11.0. The second-order valence-corrected chi connectivity index (χ2v) is 4.34. The normalized spacial score (nSPS) is 13.6. The lowest BCUT2D eigenvalue weighted by atomic mass is 10.2. The van der Waals surface area contributed by atoms with Gasteiger partial charge in [0.2, 0.25) is 0 Å². The second kappa shape index (κ2) is 5.44. The third kappa shape index (κ3) is 8.05. The summed E-state index contributed by atoms with van der Waals surface area (Å²) in [5, 5.41) is 12.0. The summed E-state index contributed by atoms with van der Waals surface area (Å²) in [6, 6.07) is 0. The lowest BCUT2D eigenvalue weighted by Crippen LogP contribution is -2.37. The maximum absolute atomic E-state index is 11.0. The van der Waals surface area contributed by atoms with Crippen LogP contribution >= 0.6 is 15.9 Å². The Morgan fingerprint density at radius 3 is 2.54 bits per heavy atom. The Bertz CT molecular complexity index is 167. The summed E-state index contributed by atoms with van der Waals surface area (Å²) < 4.78 is 4.96. The van der Waals surface area contributed by atoms with E-state index in [0.717, 1.165) is 0 Å². The van der Waals surface area contributed by atoms with E-state index < -0.39 is 17.8 Å². The van der Waals surface area contributed by atoms with Crippen LogP contribution in [0.1, 0.15) is 20.8 Å². The number of carbonyl (C=O) groups excluding carboxylic acids is 1. The van der Waals surface area contributed by atoms with Gasteiger partial charge in [-0.2, -0.15) is 0 Å². The first-order valence-corrected chi connectivity index (χ1v) is 5.18. The summed E-state index contributed by atoms with van der Waals surface area (Å²) >= 11 is 3.08. The molecule has 4 nitrogen and oxygen atoms in total. The van der Waals surface area contributed by atoms with Gasteiger partial charge in [0.1, 0.15) is 5.60 Å². The fourth-order valence-corrected chi connectivity index (χ4v) is 0.799. The number of alkyl halides is 1. The number of halogens is 1. The van der Waals surface area contributed by atoms with E-state index >= 15 is 0 Å². The molecule has 1 unspecified atom stereocenters. The highest BCUT2D eigenvalue weighted by atomic mass is 79.9. The van der Waals surface area contributed by atoms with Gasteiger partial charge < -0.3 is 15.2 Å². The first kappa shape index (κ1) is 12.7. The monoisotopic (exact) mass is 253 g/mol. The molecule has 0 radical (unpaired) electrons. The number of rotatable bonds is 3. The Hall–Kier alpha value is -0.290. The maximum Gasteiger partial charge on any atom is 0.407 e. The van der Waals surface area contributed by atoms with Crippen molar-refractivity contribution in [1.82, 2.24) is 5.32 Å². The van der Waals surface area contributed by atoms with E-state index in [2.05, 4.69) is 21.2 Å². The third-order valence-electron chi connectivity index (χ3n) is 1.06. The van der Waals surface area contributed by atoms with Gasteiger partial charge in [0, 0.05) is 11.9 Å². The highest BCUT2D eigenvalue weighted by Crippen LogP contribution is 2.06. The highest BCUT2D eigenvalue weighted by molar-refractivity contribution is 9.09. The van der Waals surface area contributed by atoms with Crippen LogP contribution in [0.2, 0.25) is 0 Å². The zero-order valence-corrected chi connectivity index (χ0v) is 9.72. The van der Waals surface area contributed by atoms with Gasteiger partial charge in [0.15, 0.2) is 0 Å². The highest BCUT2D eigenvalue weighted by Gasteiger charge is 2.16. The van der Waals surface area contributed by atoms with Crippen LogP contribution in [-0.2, 0) is 4.74 Å². The lowest BCUT2D eigenvalue weighted by molar-refractivity contribution is 0.0500. The average Bonchev–Trinajstić information content (AvgIpc) is 1.97. The topological polar surface area (TPSA) is 58.6 Å². The van der Waals surface area contributed by atoms with E-state index in [-0.39, 0.29) is 6.54 Å². The fraction of sp³-hybridized carbons (Fsp3) is 0.875. The van der Waals surface area contributed by atoms with Crippen LogP contribution < -0.4 is 5.32 Å². The van der Waals surface area contributed by atoms with Crippen molar-refractivity contribution in [3.63, 3.8) is 0 Å². The van der Waals surface area contributed by atoms with Gasteiger partial charge in [-0.05, 0) is 20.8 Å². The quantitative estimate of drug-likeness (QED) is 0.745. The van der Waals surface area contributed by atoms with Gasteiger partial charge >= 0.3 is 6.09 Å². The predicted octanol–water partition coefficient (Wildman–Crippen LogP) is 1.27. The van der Waals surface area contributed by atoms with E-state index in [1.165, 1.54) is 0 Å². The van der Waals surface area contributed by atoms with Gasteiger partial charge in [-0.25, -0.2) is 4.79 Å². The molecule has 13 heavy (non-hydrogen) atoms. The number of nitrogens with one attached hydrogen (secondary N) is 1. The molecular formula is C8H16BrNO3. The fourth-order valence-electron chi connectivity index (χ4n) is 0.570. The van der Waals surface area contributed by atoms with Gasteiger partial charge in [-0.3, -0.25) is 0 Å². The molecule has 5 heteroatoms. The predicted molar refractivity (Wildman–Crippen MR) is 54.0 cm³/mol. The van der Waals surface area contributed by atoms with Crippen molar-refractivity contribution in [2.24, 2.45) is 0 Å². The van der Waals surface area contributed by atoms with Gasteiger partial charge in [-0.15, -0.1) is 0 Å². The lowest BCUT2D eigenvalue weighted by Gasteiger charge is -2.20. The van der Waals surface area contributed by atoms with Crippen molar-refractivity contribution < 1.29 is 14.6 Å². The molecule has 2 N–H and O–H groups in total. The zero-order chi connectivity index (χ0) is 10.5. The molecular weight excluding hydrogens is 238 g/mol. The van der Waals surface area contributed by atoms with E-state index in [1.54, 1.807) is 20.8 Å². The van der Waals surface area contributed by atoms with Crippen LogP contribution in [0.4, 0.5) is 4.79 Å². The minimum absolute atomic E-state index is 0.195. The summed E-state index contributed by atoms with van der Waals surface area (Å²) in [7, 11) is 0. The van der Waals surface area contributed by atoms with Crippen molar-refractivity contribution in [3.05, 3.63) is 0 Å². The van der Waals surface area contributed by atoms with Crippen LogP contribution in [0.5, 0.6) is 0 Å². The SMILES string of the molecule is CC(C)(C)OC(=O)NCC(O)CBr. The Kier molecular flexibility index (Phi) is 5.32. The van der Waals surface area contributed by atoms with Gasteiger partial charge in [0.25, 0.3) is 0 Å². The standard InChI is InChI=1S/C8H16BrNO3/c1-8(2,3)13-7(12)10-5-6(11)4-9/h6,11H,4-5H2,1-3H3,(H,10,12). The molecule has 0 aromatic rings. The molecule has 0 aliphatic rings. The molecule has 0 saturated carbocycles. The number of amides is 1. The number of alkyl carbamates (subject to hydrolysis) is 1. The summed E-state index contributed by atoms with van der Waals surface area (Å²) in [5.41, 5.74) is -0.497. The number of aliphatic hydroxyl groups excluding tert-OH is 1. The summed E-state index contributed by atoms with van der Waals surface area (Å²) in [6.45, 7) is 5.55. The first-order chi connectivity index (χ1) is 5.85. The van der Waals surface area contributed by atoms with Crippen molar-refractivity contribution in [2.75, 3.05) is 11.9 Å². The maximum atomic E-state index is 11.0. The van der Waals surface area contributed by atoms with Crippen LogP contribution in [-0.4, -0.2) is 34.8 Å². The van der Waals surface area contributed by atoms with Gasteiger partial charge in [-0.1, -0.05) is 15.9 Å². The molecule has 0 spiro atoms. The molecule has 0 bridgehead atoms. The Balaban J connectivity index is 3.64. The van der Waals surface area contributed by atoms with E-state index in [9.17, 15) is 4.79 Å². The van der Waals surface area contributed by atoms with Crippen LogP contribution in [0, 0.1) is 0 Å². The molecule has 0 aliphatic heterocycles. The third-order valence-corrected chi connectivity index (χ3v) is 1.81. The molecule has 0 fully saturated rings. The van der Waals surface area contributed by atoms with Crippen molar-refractivity contribution in [1.29, 1.82) is 0 Å². The summed E-state index contributed by atoms with van der Waals surface area (Å²) in [6.07, 6.45) is -1.08. The average molecular weight is 254 g/mol. The van der Waals surface area contributed by atoms with Crippen molar-refractivity contribution in [3.8, 4) is 0 Å². The Labute approximate surface area is 86.8 Å². The minimum atomic E-state index is -0.576. The van der Waals surface area contributed by atoms with E-state index in [0.29, 0.717) is 5.33 Å². The molecule has 1 atom stereocenters. The number of hydrogen-bond donors (Lipinski definition) is 2. The molecule has 0 heterocycles. The first-order valence-electron chi connectivity index (χ1n) is 4.06. The number of ether oxygens (including phenoxy) is 1. The zero-order valence-electron chi connectivity index (χ0n) is 8.13. The smallest absolute Gasteiger partial charge is 0.407 e. The molecule has 0 aromatic heterocycles. The van der Waals surface area contributed by atoms with Crippen LogP contribution in [0.15, 0.2) is 0 Å². The summed E-state index contributed by atoms with van der Waals surface area (Å²) in [5.74, 6) is 0. The second-order valence-electron chi connectivity index (χ2n) is 3.69. The van der Waals surface area contributed by atoms with Crippen LogP contribution in [0.25, 0.3) is 0 Å². The van der Waals surface area contributed by atoms with E-state index in [1.807, 2.05) is 0 Å². The Morgan fingerprint density at radius 2 is 2.15 bits per heavy atom. The van der Waals surface area contributed by atoms with E-state index in [4.69, 9.17) is 9.84 Å². The van der Waals surface area contributed by atoms with Gasteiger partial charge in [0.05, 0.1) is 6.10 Å². The molecule has 0 saturated heterocycles. The molecule has 0 aromatic carbocycles. The van der Waals surface area contributed by atoms with Crippen LogP contribution in [0.3, 0.4) is 0 Å². The number of hydrogen-bond acceptors (Lipinski definition) is 3. The number of aliphatic hydroxyl groups is 1. The minimum Gasteiger partial charge on any atom is -0.444 e. The Morgan fingerprint density at radius 1 is 1.62 bits per heavy atom. The number of carbonyl (C=O) groups is 1. The molecule has 0 rings (SSSR count). The van der Waals surface area contributed by atoms with Crippen molar-refractivity contribution in [2.45, 2.75) is 32.5 Å². The molecule has 78 valence electrons.